The quantitative estimate of drug-likeness (QED) is 0.315. The van der Waals surface area contributed by atoms with Crippen LogP contribution in [-0.4, -0.2) is 12.6 Å². The molecule has 0 aliphatic heterocycles. The summed E-state index contributed by atoms with van der Waals surface area (Å²) >= 11 is 0. The maximum Gasteiger partial charge on any atom is 0.309 e. The van der Waals surface area contributed by atoms with Crippen molar-refractivity contribution in [3.63, 3.8) is 0 Å². The summed E-state index contributed by atoms with van der Waals surface area (Å²) in [5.74, 6) is 0.851. The summed E-state index contributed by atoms with van der Waals surface area (Å²) < 4.78 is 6.06. The number of allylic oxidation sites excluding steroid dienone is 2. The normalized spacial score (nSPS) is 22.0. The summed E-state index contributed by atoms with van der Waals surface area (Å²) in [5.41, 5.74) is 4.51. The van der Waals surface area contributed by atoms with E-state index in [0.29, 0.717) is 18.4 Å². The number of ether oxygens (including phenoxy) is 1. The predicted molar refractivity (Wildman–Crippen MR) is 129 cm³/mol. The molecule has 0 spiro atoms. The smallest absolute Gasteiger partial charge is 0.309 e. The Morgan fingerprint density at radius 2 is 1.50 bits per heavy atom. The van der Waals surface area contributed by atoms with Gasteiger partial charge in [-0.25, -0.2) is 0 Å². The molecule has 0 heterocycles. The molecule has 0 amide bonds. The molecule has 3 nitrogen and oxygen atoms in total. The van der Waals surface area contributed by atoms with Gasteiger partial charge in [0.15, 0.2) is 0 Å². The van der Waals surface area contributed by atoms with Crippen LogP contribution in [0, 0.1) is 24.7 Å². The van der Waals surface area contributed by atoms with Crippen LogP contribution in [0.25, 0.3) is 0 Å². The molecule has 2 bridgehead atoms. The van der Waals surface area contributed by atoms with Crippen molar-refractivity contribution in [2.24, 2.45) is 17.8 Å². The van der Waals surface area contributed by atoms with Gasteiger partial charge >= 0.3 is 5.97 Å². The summed E-state index contributed by atoms with van der Waals surface area (Å²) in [5, 5.41) is 0. The van der Waals surface area contributed by atoms with E-state index >= 15 is 0 Å². The van der Waals surface area contributed by atoms with E-state index < -0.39 is 0 Å². The number of nitrogens with zero attached hydrogens (tertiary/aromatic N) is 1. The molecule has 4 unspecified atom stereocenters. The number of para-hydroxylation sites is 2. The van der Waals surface area contributed by atoms with Gasteiger partial charge in [-0.1, -0.05) is 72.8 Å². The van der Waals surface area contributed by atoms with Gasteiger partial charge in [0.05, 0.1) is 12.0 Å². The fraction of sp³-hybridized carbons (Fsp3) is 0.276. The molecule has 3 aromatic carbocycles. The van der Waals surface area contributed by atoms with E-state index in [2.05, 4.69) is 72.5 Å². The Morgan fingerprint density at radius 3 is 2.06 bits per heavy atom. The molecule has 5 rings (SSSR count). The molecular weight excluding hydrogens is 394 g/mol. The van der Waals surface area contributed by atoms with Crippen LogP contribution in [0.15, 0.2) is 97.1 Å². The first-order valence-electron chi connectivity index (χ1n) is 11.5. The van der Waals surface area contributed by atoms with Crippen molar-refractivity contribution >= 4 is 17.3 Å². The molecule has 1 saturated carbocycles. The second kappa shape index (κ2) is 9.04. The van der Waals surface area contributed by atoms with E-state index in [1.54, 1.807) is 0 Å². The van der Waals surface area contributed by atoms with Crippen LogP contribution in [0.5, 0.6) is 0 Å². The Balaban J connectivity index is 1.49. The van der Waals surface area contributed by atoms with Gasteiger partial charge in [-0.15, -0.1) is 0 Å². The fourth-order valence-corrected chi connectivity index (χ4v) is 5.27. The molecule has 3 aromatic rings. The third-order valence-electron chi connectivity index (χ3n) is 6.89. The largest absolute Gasteiger partial charge is 0.463 e. The number of carbonyl (C=O) groups excluding carboxylic acids is 1. The summed E-state index contributed by atoms with van der Waals surface area (Å²) in [6, 6.07) is 29.0. The lowest BCUT2D eigenvalue weighted by molar-refractivity contribution is -0.150. The first-order valence-corrected chi connectivity index (χ1v) is 11.5. The van der Waals surface area contributed by atoms with Gasteiger partial charge in [0.2, 0.25) is 0 Å². The number of carbonyl (C=O) groups is 1. The van der Waals surface area contributed by atoms with Crippen molar-refractivity contribution in [3.8, 4) is 0 Å². The van der Waals surface area contributed by atoms with Gasteiger partial charge < -0.3 is 9.64 Å². The highest BCUT2D eigenvalue weighted by Crippen LogP contribution is 2.44. The number of esters is 1. The molecule has 0 N–H and O–H groups in total. The van der Waals surface area contributed by atoms with Crippen LogP contribution < -0.4 is 4.90 Å². The molecule has 162 valence electrons. The third-order valence-corrected chi connectivity index (χ3v) is 6.89. The Hall–Kier alpha value is -3.33. The zero-order valence-corrected chi connectivity index (χ0v) is 18.4. The Kier molecular flexibility index (Phi) is 5.81. The van der Waals surface area contributed by atoms with Gasteiger partial charge in [0.25, 0.3) is 0 Å². The molecule has 0 saturated heterocycles. The summed E-state index contributed by atoms with van der Waals surface area (Å²) in [4.78, 5) is 15.4. The van der Waals surface area contributed by atoms with Crippen LogP contribution in [0.2, 0.25) is 0 Å². The van der Waals surface area contributed by atoms with Crippen LogP contribution in [0.3, 0.4) is 0 Å². The van der Waals surface area contributed by atoms with E-state index in [4.69, 9.17) is 4.74 Å². The van der Waals surface area contributed by atoms with Crippen molar-refractivity contribution in [3.05, 3.63) is 108 Å². The van der Waals surface area contributed by atoms with Crippen LogP contribution in [0.1, 0.15) is 30.0 Å². The van der Waals surface area contributed by atoms with Gasteiger partial charge in [-0.3, -0.25) is 4.79 Å². The van der Waals surface area contributed by atoms with Crippen molar-refractivity contribution in [2.75, 3.05) is 11.5 Å². The van der Waals surface area contributed by atoms with Gasteiger partial charge in [0, 0.05) is 11.4 Å². The minimum absolute atomic E-state index is 0.00409. The lowest BCUT2D eigenvalue weighted by atomic mass is 9.94. The Labute approximate surface area is 190 Å². The number of hydrogen-bond acceptors (Lipinski definition) is 3. The average molecular weight is 424 g/mol. The van der Waals surface area contributed by atoms with Gasteiger partial charge in [0.1, 0.15) is 6.61 Å². The highest BCUT2D eigenvalue weighted by atomic mass is 16.5. The topological polar surface area (TPSA) is 29.5 Å². The SMILES string of the molecule is Cc1ccccc1C(COC(=O)C1CC2C=CC1C2)N(c1ccccc1)c1ccccc1. The molecular formula is C29H29NO2. The first kappa shape index (κ1) is 20.6. The molecule has 32 heavy (non-hydrogen) atoms. The summed E-state index contributed by atoms with van der Waals surface area (Å²) in [7, 11) is 0. The zero-order valence-electron chi connectivity index (χ0n) is 18.4. The highest BCUT2D eigenvalue weighted by molar-refractivity contribution is 5.74. The molecule has 1 fully saturated rings. The number of benzene rings is 3. The van der Waals surface area contributed by atoms with Crippen molar-refractivity contribution in [1.29, 1.82) is 0 Å². The molecule has 3 heteroatoms. The first-order chi connectivity index (χ1) is 15.7. The second-order valence-corrected chi connectivity index (χ2v) is 8.93. The lowest BCUT2D eigenvalue weighted by Crippen LogP contribution is -2.31. The minimum Gasteiger partial charge on any atom is -0.463 e. The molecule has 4 atom stereocenters. The van der Waals surface area contributed by atoms with Crippen LogP contribution >= 0.6 is 0 Å². The number of fused-ring (bicyclic) bond motifs is 2. The maximum absolute atomic E-state index is 13.1. The van der Waals surface area contributed by atoms with E-state index in [1.165, 1.54) is 11.1 Å². The van der Waals surface area contributed by atoms with Crippen molar-refractivity contribution in [2.45, 2.75) is 25.8 Å². The highest BCUT2D eigenvalue weighted by Gasteiger charge is 2.41. The van der Waals surface area contributed by atoms with Crippen molar-refractivity contribution in [1.82, 2.24) is 0 Å². The fourth-order valence-electron chi connectivity index (χ4n) is 5.27. The van der Waals surface area contributed by atoms with Gasteiger partial charge in [-0.2, -0.15) is 0 Å². The standard InChI is InChI=1S/C29H29NO2/c1-21-10-8-9-15-26(21)28(20-32-29(31)27-19-22-16-17-23(27)18-22)30(24-11-4-2-5-12-24)25-13-6-3-7-14-25/h2-17,22-23,27-28H,18-20H2,1H3. The number of anilines is 2. The molecule has 2 aliphatic rings. The lowest BCUT2D eigenvalue weighted by Gasteiger charge is -2.35. The third kappa shape index (κ3) is 4.08. The monoisotopic (exact) mass is 423 g/mol. The van der Waals surface area contributed by atoms with E-state index in [9.17, 15) is 4.79 Å². The van der Waals surface area contributed by atoms with E-state index in [0.717, 1.165) is 24.2 Å². The molecule has 0 radical (unpaired) electrons. The summed E-state index contributed by atoms with van der Waals surface area (Å²) in [6.45, 7) is 2.43. The average Bonchev–Trinajstić information content (AvgIpc) is 3.47. The molecule has 2 aliphatic carbocycles. The molecule has 0 aromatic heterocycles. The zero-order chi connectivity index (χ0) is 21.9. The maximum atomic E-state index is 13.1. The summed E-state index contributed by atoms with van der Waals surface area (Å²) in [6.07, 6.45) is 6.49. The van der Waals surface area contributed by atoms with E-state index in [-0.39, 0.29) is 17.9 Å². The van der Waals surface area contributed by atoms with Crippen LogP contribution in [0.4, 0.5) is 11.4 Å². The van der Waals surface area contributed by atoms with Gasteiger partial charge in [-0.05, 0) is 67.0 Å². The number of rotatable bonds is 7. The Bertz CT molecular complexity index is 1050. The van der Waals surface area contributed by atoms with E-state index in [1.807, 2.05) is 36.4 Å². The number of aryl methyl sites for hydroxylation is 1. The van der Waals surface area contributed by atoms with Crippen molar-refractivity contribution < 1.29 is 9.53 Å². The van der Waals surface area contributed by atoms with Crippen LogP contribution in [-0.2, 0) is 9.53 Å². The number of hydrogen-bond donors (Lipinski definition) is 0. The Morgan fingerprint density at radius 1 is 0.875 bits per heavy atom. The predicted octanol–water partition coefficient (Wildman–Crippen LogP) is 6.63. The minimum atomic E-state index is -0.126. The second-order valence-electron chi connectivity index (χ2n) is 8.93.